The van der Waals surface area contributed by atoms with E-state index in [4.69, 9.17) is 15.2 Å². The zero-order chi connectivity index (χ0) is 28.2. The molecular weight excluding hydrogens is 506 g/mol. The molecule has 1 aliphatic rings. The Morgan fingerprint density at radius 3 is 2.62 bits per heavy atom. The maximum Gasteiger partial charge on any atom is 0.246 e. The Balaban J connectivity index is 1.41. The number of nitrogens with zero attached hydrogens (tertiary/aromatic N) is 6. The van der Waals surface area contributed by atoms with Gasteiger partial charge in [0.25, 0.3) is 0 Å². The fraction of sp³-hybridized carbons (Fsp3) is 0.433. The lowest BCUT2D eigenvalue weighted by molar-refractivity contribution is -0.120. The zero-order valence-corrected chi connectivity index (χ0v) is 23.6. The van der Waals surface area contributed by atoms with Crippen LogP contribution in [0.4, 0.5) is 0 Å². The van der Waals surface area contributed by atoms with Crippen molar-refractivity contribution in [3.63, 3.8) is 0 Å². The maximum absolute atomic E-state index is 12.4. The van der Waals surface area contributed by atoms with Crippen LogP contribution in [0.15, 0.2) is 48.9 Å². The third-order valence-electron chi connectivity index (χ3n) is 7.60. The van der Waals surface area contributed by atoms with Gasteiger partial charge in [-0.1, -0.05) is 50.3 Å². The fourth-order valence-corrected chi connectivity index (χ4v) is 5.30. The van der Waals surface area contributed by atoms with Gasteiger partial charge in [-0.25, -0.2) is 14.6 Å². The summed E-state index contributed by atoms with van der Waals surface area (Å²) >= 11 is 0. The highest BCUT2D eigenvalue weighted by Crippen LogP contribution is 2.36. The predicted octanol–water partition coefficient (Wildman–Crippen LogP) is 4.21. The van der Waals surface area contributed by atoms with E-state index in [-0.39, 0.29) is 5.92 Å². The van der Waals surface area contributed by atoms with Gasteiger partial charge in [-0.3, -0.25) is 4.79 Å². The SMILES string of the molecule is CCN1CCCC(COc2cc3ncnc(-c4ccc(C(C(N)=O)n5cc(C(C)C)nn5)cc4)c3cc2OC)C1. The summed E-state index contributed by atoms with van der Waals surface area (Å²) in [6.45, 7) is 10.2. The molecule has 0 saturated carbocycles. The highest BCUT2D eigenvalue weighted by molar-refractivity contribution is 5.94. The van der Waals surface area contributed by atoms with Gasteiger partial charge in [0.15, 0.2) is 17.5 Å². The van der Waals surface area contributed by atoms with Crippen LogP contribution in [0.5, 0.6) is 11.5 Å². The molecule has 1 saturated heterocycles. The van der Waals surface area contributed by atoms with Gasteiger partial charge in [-0.2, -0.15) is 0 Å². The lowest BCUT2D eigenvalue weighted by Crippen LogP contribution is -2.37. The lowest BCUT2D eigenvalue weighted by atomic mass is 9.99. The van der Waals surface area contributed by atoms with Crippen LogP contribution in [0.3, 0.4) is 0 Å². The number of hydrogen-bond acceptors (Lipinski definition) is 8. The molecule has 10 heteroatoms. The average molecular weight is 544 g/mol. The molecule has 210 valence electrons. The summed E-state index contributed by atoms with van der Waals surface area (Å²) < 4.78 is 13.5. The molecular formula is C30H37N7O3. The number of likely N-dealkylation sites (tertiary alicyclic amines) is 1. The first-order chi connectivity index (χ1) is 19.4. The first-order valence-electron chi connectivity index (χ1n) is 13.9. The first kappa shape index (κ1) is 27.5. The molecule has 2 unspecified atom stereocenters. The lowest BCUT2D eigenvalue weighted by Gasteiger charge is -2.31. The number of hydrogen-bond donors (Lipinski definition) is 1. The summed E-state index contributed by atoms with van der Waals surface area (Å²) in [4.78, 5) is 23.9. The third-order valence-corrected chi connectivity index (χ3v) is 7.60. The van der Waals surface area contributed by atoms with E-state index in [0.29, 0.717) is 29.6 Å². The number of primary amides is 1. The van der Waals surface area contributed by atoms with Crippen LogP contribution >= 0.6 is 0 Å². The Kier molecular flexibility index (Phi) is 8.25. The number of amides is 1. The summed E-state index contributed by atoms with van der Waals surface area (Å²) in [5.41, 5.74) is 9.68. The number of rotatable bonds is 10. The molecule has 1 amide bonds. The number of methoxy groups -OCH3 is 1. The Morgan fingerprint density at radius 2 is 1.95 bits per heavy atom. The van der Waals surface area contributed by atoms with E-state index in [2.05, 4.69) is 32.1 Å². The molecule has 0 aliphatic carbocycles. The molecule has 10 nitrogen and oxygen atoms in total. The standard InChI is InChI=1S/C30H37N7O3/c1-5-36-12-6-7-20(15-36)17-40-27-14-24-23(13-26(27)39-4)28(33-18-32-24)21-8-10-22(11-9-21)29(30(31)38)37-16-25(19(2)3)34-35-37/h8-11,13-14,16,18-20,29H,5-7,12,15,17H2,1-4H3,(H2,31,38). The van der Waals surface area contributed by atoms with Crippen molar-refractivity contribution in [2.24, 2.45) is 11.7 Å². The van der Waals surface area contributed by atoms with Crippen molar-refractivity contribution in [1.29, 1.82) is 0 Å². The van der Waals surface area contributed by atoms with Gasteiger partial charge in [0.1, 0.15) is 6.33 Å². The Morgan fingerprint density at radius 1 is 1.15 bits per heavy atom. The average Bonchev–Trinajstić information content (AvgIpc) is 3.45. The molecule has 0 bridgehead atoms. The number of benzene rings is 2. The van der Waals surface area contributed by atoms with Crippen molar-refractivity contribution >= 4 is 16.8 Å². The first-order valence-corrected chi connectivity index (χ1v) is 13.9. The second kappa shape index (κ2) is 12.0. The summed E-state index contributed by atoms with van der Waals surface area (Å²) in [6, 6.07) is 10.7. The molecule has 5 rings (SSSR count). The molecule has 2 N–H and O–H groups in total. The van der Waals surface area contributed by atoms with Gasteiger partial charge in [0, 0.05) is 29.5 Å². The van der Waals surface area contributed by atoms with Crippen LogP contribution in [-0.4, -0.2) is 69.1 Å². The van der Waals surface area contributed by atoms with E-state index >= 15 is 0 Å². The molecule has 0 radical (unpaired) electrons. The number of nitrogens with two attached hydrogens (primary N) is 1. The van der Waals surface area contributed by atoms with Crippen LogP contribution in [0.1, 0.15) is 56.8 Å². The molecule has 40 heavy (non-hydrogen) atoms. The van der Waals surface area contributed by atoms with Crippen molar-refractivity contribution < 1.29 is 14.3 Å². The second-order valence-corrected chi connectivity index (χ2v) is 10.7. The number of carbonyl (C=O) groups excluding carboxylic acids is 1. The van der Waals surface area contributed by atoms with Crippen molar-refractivity contribution in [1.82, 2.24) is 29.9 Å². The Hall–Kier alpha value is -4.05. The quantitative estimate of drug-likeness (QED) is 0.316. The van der Waals surface area contributed by atoms with E-state index in [0.717, 1.165) is 47.5 Å². The Labute approximate surface area is 234 Å². The summed E-state index contributed by atoms with van der Waals surface area (Å²) in [6.07, 6.45) is 5.69. The maximum atomic E-state index is 12.4. The summed E-state index contributed by atoms with van der Waals surface area (Å²) in [7, 11) is 1.64. The minimum Gasteiger partial charge on any atom is -0.493 e. The van der Waals surface area contributed by atoms with E-state index in [1.807, 2.05) is 50.2 Å². The smallest absolute Gasteiger partial charge is 0.246 e. The molecule has 4 aromatic rings. The van der Waals surface area contributed by atoms with Crippen LogP contribution in [0, 0.1) is 5.92 Å². The molecule has 1 fully saturated rings. The molecule has 2 aromatic heterocycles. The van der Waals surface area contributed by atoms with Gasteiger partial charge in [0.2, 0.25) is 5.91 Å². The van der Waals surface area contributed by atoms with Gasteiger partial charge < -0.3 is 20.1 Å². The van der Waals surface area contributed by atoms with E-state index in [1.165, 1.54) is 17.5 Å². The number of piperidine rings is 1. The fourth-order valence-electron chi connectivity index (χ4n) is 5.30. The van der Waals surface area contributed by atoms with Gasteiger partial charge >= 0.3 is 0 Å². The number of fused-ring (bicyclic) bond motifs is 1. The van der Waals surface area contributed by atoms with E-state index in [9.17, 15) is 4.79 Å². The van der Waals surface area contributed by atoms with Crippen molar-refractivity contribution in [2.45, 2.75) is 45.6 Å². The van der Waals surface area contributed by atoms with E-state index < -0.39 is 11.9 Å². The van der Waals surface area contributed by atoms with Crippen molar-refractivity contribution in [3.8, 4) is 22.8 Å². The highest BCUT2D eigenvalue weighted by atomic mass is 16.5. The predicted molar refractivity (Wildman–Crippen MR) is 153 cm³/mol. The molecule has 2 aromatic carbocycles. The minimum atomic E-state index is -0.760. The summed E-state index contributed by atoms with van der Waals surface area (Å²) in [5, 5.41) is 9.18. The van der Waals surface area contributed by atoms with E-state index in [1.54, 1.807) is 19.6 Å². The molecule has 0 spiro atoms. The van der Waals surface area contributed by atoms with Crippen molar-refractivity contribution in [3.05, 3.63) is 60.2 Å². The third kappa shape index (κ3) is 5.77. The number of carbonyl (C=O) groups is 1. The van der Waals surface area contributed by atoms with Gasteiger partial charge in [-0.15, -0.1) is 5.10 Å². The Bertz CT molecular complexity index is 1470. The second-order valence-electron chi connectivity index (χ2n) is 10.7. The molecule has 2 atom stereocenters. The van der Waals surface area contributed by atoms with Crippen LogP contribution in [-0.2, 0) is 4.79 Å². The minimum absolute atomic E-state index is 0.192. The number of aromatic nitrogens is 5. The van der Waals surface area contributed by atoms with Crippen LogP contribution < -0.4 is 15.2 Å². The van der Waals surface area contributed by atoms with Crippen LogP contribution in [0.2, 0.25) is 0 Å². The molecule has 3 heterocycles. The normalized spacial score (nSPS) is 16.8. The number of ether oxygens (including phenoxy) is 2. The van der Waals surface area contributed by atoms with Crippen molar-refractivity contribution in [2.75, 3.05) is 33.4 Å². The van der Waals surface area contributed by atoms with Crippen LogP contribution in [0.25, 0.3) is 22.2 Å². The zero-order valence-electron chi connectivity index (χ0n) is 23.6. The largest absolute Gasteiger partial charge is 0.493 e. The summed E-state index contributed by atoms with van der Waals surface area (Å²) in [5.74, 6) is 1.50. The highest BCUT2D eigenvalue weighted by Gasteiger charge is 2.23. The van der Waals surface area contributed by atoms with Gasteiger partial charge in [0.05, 0.1) is 36.8 Å². The van der Waals surface area contributed by atoms with Gasteiger partial charge in [-0.05, 0) is 43.5 Å². The molecule has 1 aliphatic heterocycles. The monoisotopic (exact) mass is 543 g/mol. The topological polar surface area (TPSA) is 121 Å².